The highest BCUT2D eigenvalue weighted by atomic mass is 35.5. The predicted molar refractivity (Wildman–Crippen MR) is 90.8 cm³/mol. The van der Waals surface area contributed by atoms with Gasteiger partial charge in [-0.15, -0.1) is 11.3 Å². The zero-order valence-electron chi connectivity index (χ0n) is 12.7. The van der Waals surface area contributed by atoms with Crippen LogP contribution in [0.1, 0.15) is 23.2 Å². The number of thiazole rings is 1. The molecule has 2 aromatic rings. The molecular weight excluding hydrogens is 353 g/mol. The number of hydrogen-bond acceptors (Lipinski definition) is 4. The van der Waals surface area contributed by atoms with Gasteiger partial charge in [0.25, 0.3) is 5.91 Å². The van der Waals surface area contributed by atoms with Crippen LogP contribution in [0.5, 0.6) is 0 Å². The number of amides is 2. The minimum Gasteiger partial charge on any atom is -0.338 e. The first-order valence-electron chi connectivity index (χ1n) is 7.50. The highest BCUT2D eigenvalue weighted by molar-refractivity contribution is 7.13. The average Bonchev–Trinajstić information content (AvgIpc) is 3.07. The maximum atomic E-state index is 13.9. The van der Waals surface area contributed by atoms with Crippen LogP contribution in [-0.4, -0.2) is 34.8 Å². The van der Waals surface area contributed by atoms with Crippen molar-refractivity contribution in [2.75, 3.05) is 18.4 Å². The predicted octanol–water partition coefficient (Wildman–Crippen LogP) is 3.43. The maximum absolute atomic E-state index is 13.9. The van der Waals surface area contributed by atoms with Crippen molar-refractivity contribution in [2.45, 2.75) is 12.8 Å². The molecule has 8 heteroatoms. The number of aromatic nitrogens is 1. The van der Waals surface area contributed by atoms with Gasteiger partial charge in [0, 0.05) is 30.6 Å². The molecule has 2 amide bonds. The molecule has 1 fully saturated rings. The largest absolute Gasteiger partial charge is 0.338 e. The maximum Gasteiger partial charge on any atom is 0.258 e. The fourth-order valence-corrected chi connectivity index (χ4v) is 3.47. The molecule has 0 spiro atoms. The van der Waals surface area contributed by atoms with Crippen LogP contribution >= 0.6 is 22.9 Å². The molecule has 3 rings (SSSR count). The number of piperidine rings is 1. The highest BCUT2D eigenvalue weighted by Gasteiger charge is 2.30. The van der Waals surface area contributed by atoms with Gasteiger partial charge in [0.1, 0.15) is 5.82 Å². The molecule has 0 aliphatic carbocycles. The highest BCUT2D eigenvalue weighted by Crippen LogP contribution is 2.25. The summed E-state index contributed by atoms with van der Waals surface area (Å²) < 4.78 is 13.9. The lowest BCUT2D eigenvalue weighted by Gasteiger charge is -2.31. The molecule has 1 aliphatic heterocycles. The van der Waals surface area contributed by atoms with E-state index in [2.05, 4.69) is 10.3 Å². The number of hydrogen-bond donors (Lipinski definition) is 1. The summed E-state index contributed by atoms with van der Waals surface area (Å²) in [5.41, 5.74) is -0.107. The number of benzene rings is 1. The van der Waals surface area contributed by atoms with Gasteiger partial charge in [0.2, 0.25) is 5.91 Å². The SMILES string of the molecule is O=C(Nc1nccs1)C1CCN(C(=O)c2c(F)cccc2Cl)CC1. The minimum absolute atomic E-state index is 0.0963. The molecule has 1 N–H and O–H groups in total. The van der Waals surface area contributed by atoms with Crippen molar-refractivity contribution in [1.82, 2.24) is 9.88 Å². The molecule has 1 aromatic carbocycles. The van der Waals surface area contributed by atoms with E-state index in [1.807, 2.05) is 0 Å². The Bertz CT molecular complexity index is 726. The molecule has 1 aromatic heterocycles. The third-order valence-corrected chi connectivity index (χ3v) is 5.00. The number of carbonyl (C=O) groups is 2. The van der Waals surface area contributed by atoms with Crippen molar-refractivity contribution in [3.8, 4) is 0 Å². The van der Waals surface area contributed by atoms with Gasteiger partial charge in [-0.1, -0.05) is 17.7 Å². The van der Waals surface area contributed by atoms with Crippen LogP contribution in [0.3, 0.4) is 0 Å². The fourth-order valence-electron chi connectivity index (χ4n) is 2.70. The zero-order valence-corrected chi connectivity index (χ0v) is 14.2. The van der Waals surface area contributed by atoms with Crippen LogP contribution in [-0.2, 0) is 4.79 Å². The Morgan fingerprint density at radius 1 is 1.33 bits per heavy atom. The van der Waals surface area contributed by atoms with Gasteiger partial charge in [-0.05, 0) is 25.0 Å². The van der Waals surface area contributed by atoms with E-state index >= 15 is 0 Å². The van der Waals surface area contributed by atoms with Crippen LogP contribution in [0.15, 0.2) is 29.8 Å². The summed E-state index contributed by atoms with van der Waals surface area (Å²) in [6.45, 7) is 0.777. The van der Waals surface area contributed by atoms with Gasteiger partial charge in [-0.3, -0.25) is 9.59 Å². The van der Waals surface area contributed by atoms with E-state index in [1.165, 1.54) is 34.4 Å². The normalized spacial score (nSPS) is 15.3. The molecular formula is C16H15ClFN3O2S. The van der Waals surface area contributed by atoms with Gasteiger partial charge >= 0.3 is 0 Å². The number of nitrogens with one attached hydrogen (secondary N) is 1. The first kappa shape index (κ1) is 16.9. The fraction of sp³-hybridized carbons (Fsp3) is 0.312. The number of anilines is 1. The zero-order chi connectivity index (χ0) is 17.1. The van der Waals surface area contributed by atoms with Gasteiger partial charge < -0.3 is 10.2 Å². The summed E-state index contributed by atoms with van der Waals surface area (Å²) >= 11 is 7.30. The van der Waals surface area contributed by atoms with Crippen molar-refractivity contribution < 1.29 is 14.0 Å². The van der Waals surface area contributed by atoms with E-state index in [1.54, 1.807) is 11.6 Å². The van der Waals surface area contributed by atoms with Crippen LogP contribution < -0.4 is 5.32 Å². The molecule has 126 valence electrons. The van der Waals surface area contributed by atoms with Crippen molar-refractivity contribution in [2.24, 2.45) is 5.92 Å². The molecule has 0 bridgehead atoms. The lowest BCUT2D eigenvalue weighted by atomic mass is 9.95. The van der Waals surface area contributed by atoms with Crippen molar-refractivity contribution in [3.05, 3.63) is 46.2 Å². The van der Waals surface area contributed by atoms with Gasteiger partial charge in [0.05, 0.1) is 10.6 Å². The van der Waals surface area contributed by atoms with E-state index in [9.17, 15) is 14.0 Å². The van der Waals surface area contributed by atoms with E-state index in [0.29, 0.717) is 31.1 Å². The summed E-state index contributed by atoms with van der Waals surface area (Å²) in [6.07, 6.45) is 2.67. The monoisotopic (exact) mass is 367 g/mol. The molecule has 0 unspecified atom stereocenters. The van der Waals surface area contributed by atoms with Crippen LogP contribution in [0, 0.1) is 11.7 Å². The van der Waals surface area contributed by atoms with Crippen molar-refractivity contribution in [3.63, 3.8) is 0 Å². The number of nitrogens with zero attached hydrogens (tertiary/aromatic N) is 2. The Hall–Kier alpha value is -1.99. The standard InChI is InChI=1S/C16H15ClFN3O2S/c17-11-2-1-3-12(18)13(11)15(23)21-7-4-10(5-8-21)14(22)20-16-19-6-9-24-16/h1-3,6,9-10H,4-5,7-8H2,(H,19,20,22). The summed E-state index contributed by atoms with van der Waals surface area (Å²) in [4.78, 5) is 30.2. The third-order valence-electron chi connectivity index (χ3n) is 3.99. The van der Waals surface area contributed by atoms with Crippen LogP contribution in [0.25, 0.3) is 0 Å². The summed E-state index contributed by atoms with van der Waals surface area (Å²) in [5.74, 6) is -1.34. The second-order valence-electron chi connectivity index (χ2n) is 5.49. The second-order valence-corrected chi connectivity index (χ2v) is 6.79. The van der Waals surface area contributed by atoms with Crippen molar-refractivity contribution in [1.29, 1.82) is 0 Å². The van der Waals surface area contributed by atoms with Crippen LogP contribution in [0.2, 0.25) is 5.02 Å². The number of carbonyl (C=O) groups excluding carboxylic acids is 2. The van der Waals surface area contributed by atoms with Gasteiger partial charge in [-0.2, -0.15) is 0 Å². The van der Waals surface area contributed by atoms with Crippen LogP contribution in [0.4, 0.5) is 9.52 Å². The van der Waals surface area contributed by atoms with E-state index in [4.69, 9.17) is 11.6 Å². The first-order chi connectivity index (χ1) is 11.6. The Kier molecular flexibility index (Phi) is 5.11. The van der Waals surface area contributed by atoms with Gasteiger partial charge in [-0.25, -0.2) is 9.37 Å². The Morgan fingerprint density at radius 3 is 2.71 bits per heavy atom. The number of likely N-dealkylation sites (tertiary alicyclic amines) is 1. The lowest BCUT2D eigenvalue weighted by Crippen LogP contribution is -2.41. The number of rotatable bonds is 3. The summed E-state index contributed by atoms with van der Waals surface area (Å²) in [6, 6.07) is 4.17. The minimum atomic E-state index is -0.629. The van der Waals surface area contributed by atoms with E-state index in [-0.39, 0.29) is 22.4 Å². The molecule has 1 saturated heterocycles. The van der Waals surface area contributed by atoms with Gasteiger partial charge in [0.15, 0.2) is 5.13 Å². The molecule has 24 heavy (non-hydrogen) atoms. The molecule has 0 atom stereocenters. The topological polar surface area (TPSA) is 62.3 Å². The lowest BCUT2D eigenvalue weighted by molar-refractivity contribution is -0.121. The number of halogens is 2. The van der Waals surface area contributed by atoms with Crippen molar-refractivity contribution >= 4 is 39.9 Å². The Morgan fingerprint density at radius 2 is 2.08 bits per heavy atom. The summed E-state index contributed by atoms with van der Waals surface area (Å²) in [5, 5.41) is 5.22. The Balaban J connectivity index is 1.60. The second kappa shape index (κ2) is 7.27. The first-order valence-corrected chi connectivity index (χ1v) is 8.75. The van der Waals surface area contributed by atoms with E-state index < -0.39 is 11.7 Å². The average molecular weight is 368 g/mol. The smallest absolute Gasteiger partial charge is 0.258 e. The quantitative estimate of drug-likeness (QED) is 0.904. The molecule has 1 aliphatic rings. The summed E-state index contributed by atoms with van der Waals surface area (Å²) in [7, 11) is 0. The van der Waals surface area contributed by atoms with E-state index in [0.717, 1.165) is 0 Å². The molecule has 0 radical (unpaired) electrons. The third kappa shape index (κ3) is 3.57. The molecule has 0 saturated carbocycles. The Labute approximate surface area is 147 Å². The molecule has 2 heterocycles. The molecule has 5 nitrogen and oxygen atoms in total.